The molecule has 3 aromatic rings. The van der Waals surface area contributed by atoms with Crippen molar-refractivity contribution in [3.05, 3.63) is 76.5 Å². The maximum absolute atomic E-state index is 13.0. The molecule has 0 aliphatic heterocycles. The third-order valence-electron chi connectivity index (χ3n) is 3.28. The molecule has 0 fully saturated rings. The standard InChI is InChI=1S/C17H10FN3O2/c18-12-6-4-11(5-7-12)14-9-15(22)13(10-19)17(20-14)21-8-2-1-3-16(21)23/h1-9H,(H,20,22). The summed E-state index contributed by atoms with van der Waals surface area (Å²) in [4.78, 5) is 16.3. The van der Waals surface area contributed by atoms with Gasteiger partial charge in [0.05, 0.1) is 5.69 Å². The van der Waals surface area contributed by atoms with Gasteiger partial charge in [0.25, 0.3) is 5.56 Å². The maximum Gasteiger partial charge on any atom is 0.256 e. The average Bonchev–Trinajstić information content (AvgIpc) is 2.55. The lowest BCUT2D eigenvalue weighted by Gasteiger charge is -2.10. The van der Waals surface area contributed by atoms with Crippen LogP contribution in [-0.4, -0.2) is 14.7 Å². The molecule has 0 bridgehead atoms. The van der Waals surface area contributed by atoms with Gasteiger partial charge < -0.3 is 5.11 Å². The lowest BCUT2D eigenvalue weighted by atomic mass is 10.1. The van der Waals surface area contributed by atoms with Crippen LogP contribution in [0.2, 0.25) is 0 Å². The summed E-state index contributed by atoms with van der Waals surface area (Å²) in [6.07, 6.45) is 1.46. The average molecular weight is 307 g/mol. The van der Waals surface area contributed by atoms with Gasteiger partial charge in [0, 0.05) is 23.9 Å². The van der Waals surface area contributed by atoms with Crippen LogP contribution in [0.25, 0.3) is 17.1 Å². The molecule has 0 saturated carbocycles. The summed E-state index contributed by atoms with van der Waals surface area (Å²) in [5.41, 5.74) is 0.389. The van der Waals surface area contributed by atoms with Crippen molar-refractivity contribution in [3.8, 4) is 28.9 Å². The molecule has 0 atom stereocenters. The molecule has 0 radical (unpaired) electrons. The SMILES string of the molecule is N#Cc1c(O)cc(-c2ccc(F)cc2)nc1-n1ccccc1=O. The number of pyridine rings is 2. The highest BCUT2D eigenvalue weighted by Gasteiger charge is 2.15. The third kappa shape index (κ3) is 2.68. The molecule has 3 rings (SSSR count). The first kappa shape index (κ1) is 14.5. The Hall–Kier alpha value is -3.46. The number of hydrogen-bond acceptors (Lipinski definition) is 4. The van der Waals surface area contributed by atoms with E-state index >= 15 is 0 Å². The molecule has 6 heteroatoms. The van der Waals surface area contributed by atoms with Crippen LogP contribution < -0.4 is 5.56 Å². The fourth-order valence-electron chi connectivity index (χ4n) is 2.17. The minimum absolute atomic E-state index is 0.0254. The highest BCUT2D eigenvalue weighted by Crippen LogP contribution is 2.28. The molecule has 2 heterocycles. The predicted molar refractivity (Wildman–Crippen MR) is 81.6 cm³/mol. The molecular formula is C17H10FN3O2. The van der Waals surface area contributed by atoms with Gasteiger partial charge in [-0.1, -0.05) is 6.07 Å². The third-order valence-corrected chi connectivity index (χ3v) is 3.28. The Morgan fingerprint density at radius 2 is 1.91 bits per heavy atom. The van der Waals surface area contributed by atoms with E-state index in [4.69, 9.17) is 0 Å². The molecule has 5 nitrogen and oxygen atoms in total. The number of benzene rings is 1. The summed E-state index contributed by atoms with van der Waals surface area (Å²) in [5.74, 6) is -0.670. The van der Waals surface area contributed by atoms with Crippen LogP contribution in [0.5, 0.6) is 5.75 Å². The Morgan fingerprint density at radius 3 is 2.57 bits per heavy atom. The first-order valence-corrected chi connectivity index (χ1v) is 6.68. The lowest BCUT2D eigenvalue weighted by molar-refractivity contribution is 0.472. The first-order chi connectivity index (χ1) is 11.1. The van der Waals surface area contributed by atoms with E-state index in [-0.39, 0.29) is 22.7 Å². The van der Waals surface area contributed by atoms with E-state index in [1.54, 1.807) is 12.1 Å². The van der Waals surface area contributed by atoms with Gasteiger partial charge in [0.2, 0.25) is 0 Å². The number of nitriles is 1. The fraction of sp³-hybridized carbons (Fsp3) is 0. The van der Waals surface area contributed by atoms with Gasteiger partial charge in [-0.3, -0.25) is 9.36 Å². The zero-order valence-electron chi connectivity index (χ0n) is 11.8. The largest absolute Gasteiger partial charge is 0.506 e. The van der Waals surface area contributed by atoms with Crippen molar-refractivity contribution in [2.45, 2.75) is 0 Å². The fourth-order valence-corrected chi connectivity index (χ4v) is 2.17. The second-order valence-corrected chi connectivity index (χ2v) is 4.75. The summed E-state index contributed by atoms with van der Waals surface area (Å²) in [6, 6.07) is 13.2. The second kappa shape index (κ2) is 5.73. The van der Waals surface area contributed by atoms with Crippen LogP contribution in [-0.2, 0) is 0 Å². The van der Waals surface area contributed by atoms with Crippen LogP contribution in [0.3, 0.4) is 0 Å². The summed E-state index contributed by atoms with van der Waals surface area (Å²) >= 11 is 0. The summed E-state index contributed by atoms with van der Waals surface area (Å²) in [7, 11) is 0. The molecule has 0 amide bonds. The monoisotopic (exact) mass is 307 g/mol. The van der Waals surface area contributed by atoms with Crippen LogP contribution in [0.15, 0.2) is 59.5 Å². The van der Waals surface area contributed by atoms with Crippen molar-refractivity contribution < 1.29 is 9.50 Å². The molecule has 112 valence electrons. The van der Waals surface area contributed by atoms with Crippen LogP contribution in [0.1, 0.15) is 5.56 Å². The first-order valence-electron chi connectivity index (χ1n) is 6.68. The number of aromatic nitrogens is 2. The quantitative estimate of drug-likeness (QED) is 0.789. The number of nitrogens with zero attached hydrogens (tertiary/aromatic N) is 3. The Bertz CT molecular complexity index is 972. The molecule has 0 spiro atoms. The summed E-state index contributed by atoms with van der Waals surface area (Å²) in [5, 5.41) is 19.3. The van der Waals surface area contributed by atoms with E-state index in [1.807, 2.05) is 6.07 Å². The maximum atomic E-state index is 13.0. The number of aromatic hydroxyl groups is 1. The Balaban J connectivity index is 2.27. The second-order valence-electron chi connectivity index (χ2n) is 4.75. The van der Waals surface area contributed by atoms with Crippen molar-refractivity contribution in [1.29, 1.82) is 5.26 Å². The summed E-state index contributed by atoms with van der Waals surface area (Å²) in [6.45, 7) is 0. The Morgan fingerprint density at radius 1 is 1.17 bits per heavy atom. The Kier molecular flexibility index (Phi) is 3.61. The topological polar surface area (TPSA) is 78.9 Å². The van der Waals surface area contributed by atoms with Crippen molar-refractivity contribution >= 4 is 0 Å². The van der Waals surface area contributed by atoms with Crippen molar-refractivity contribution in [1.82, 2.24) is 9.55 Å². The highest BCUT2D eigenvalue weighted by molar-refractivity contribution is 5.66. The Labute approximate surface area is 130 Å². The smallest absolute Gasteiger partial charge is 0.256 e. The van der Waals surface area contributed by atoms with Crippen LogP contribution in [0, 0.1) is 17.1 Å². The summed E-state index contributed by atoms with van der Waals surface area (Å²) < 4.78 is 14.2. The molecule has 0 aliphatic carbocycles. The molecule has 1 N–H and O–H groups in total. The number of rotatable bonds is 2. The predicted octanol–water partition coefficient (Wildman–Crippen LogP) is 2.62. The van der Waals surface area contributed by atoms with E-state index < -0.39 is 5.82 Å². The highest BCUT2D eigenvalue weighted by atomic mass is 19.1. The van der Waals surface area contributed by atoms with Gasteiger partial charge in [0.1, 0.15) is 23.2 Å². The number of halogens is 1. The molecule has 23 heavy (non-hydrogen) atoms. The van der Waals surface area contributed by atoms with Gasteiger partial charge >= 0.3 is 0 Å². The zero-order valence-corrected chi connectivity index (χ0v) is 11.8. The van der Waals surface area contributed by atoms with Crippen molar-refractivity contribution in [3.63, 3.8) is 0 Å². The molecule has 1 aromatic carbocycles. The van der Waals surface area contributed by atoms with Crippen molar-refractivity contribution in [2.24, 2.45) is 0 Å². The number of hydrogen-bond donors (Lipinski definition) is 1. The van der Waals surface area contributed by atoms with Gasteiger partial charge in [-0.05, 0) is 30.3 Å². The van der Waals surface area contributed by atoms with E-state index in [9.17, 15) is 19.6 Å². The molecular weight excluding hydrogens is 297 g/mol. The molecule has 0 aliphatic rings. The minimum atomic E-state index is -0.397. The van der Waals surface area contributed by atoms with Gasteiger partial charge in [0.15, 0.2) is 5.82 Å². The normalized spacial score (nSPS) is 10.3. The minimum Gasteiger partial charge on any atom is -0.506 e. The lowest BCUT2D eigenvalue weighted by Crippen LogP contribution is -2.18. The molecule has 0 saturated heterocycles. The van der Waals surface area contributed by atoms with Crippen LogP contribution >= 0.6 is 0 Å². The van der Waals surface area contributed by atoms with Crippen LogP contribution in [0.4, 0.5) is 4.39 Å². The zero-order chi connectivity index (χ0) is 16.4. The van der Waals surface area contributed by atoms with E-state index in [1.165, 1.54) is 47.2 Å². The van der Waals surface area contributed by atoms with Gasteiger partial charge in [-0.2, -0.15) is 5.26 Å². The van der Waals surface area contributed by atoms with E-state index in [0.29, 0.717) is 11.3 Å². The van der Waals surface area contributed by atoms with Crippen molar-refractivity contribution in [2.75, 3.05) is 0 Å². The molecule has 0 unspecified atom stereocenters. The van der Waals surface area contributed by atoms with Gasteiger partial charge in [-0.15, -0.1) is 0 Å². The molecule has 2 aromatic heterocycles. The van der Waals surface area contributed by atoms with E-state index in [2.05, 4.69) is 4.98 Å². The van der Waals surface area contributed by atoms with Gasteiger partial charge in [-0.25, -0.2) is 9.37 Å². The van der Waals surface area contributed by atoms with E-state index in [0.717, 1.165) is 0 Å².